The fourth-order valence-electron chi connectivity index (χ4n) is 4.84. The molecule has 1 radical (unpaired) electrons. The summed E-state index contributed by atoms with van der Waals surface area (Å²) in [6.07, 6.45) is 4.38. The molecule has 1 aliphatic carbocycles. The molecule has 0 amide bonds. The average Bonchev–Trinajstić information content (AvgIpc) is 3.42. The topological polar surface area (TPSA) is 129 Å². The van der Waals surface area contributed by atoms with Gasteiger partial charge in [-0.25, -0.2) is 0 Å². The van der Waals surface area contributed by atoms with Crippen LogP contribution in [0.2, 0.25) is 0 Å². The molecule has 4 aromatic rings. The Kier molecular flexibility index (Phi) is 8.82. The average molecular weight is 563 g/mol. The van der Waals surface area contributed by atoms with E-state index in [9.17, 15) is 10.2 Å². The molecule has 185 valence electrons. The van der Waals surface area contributed by atoms with Gasteiger partial charge in [0.2, 0.25) is 0 Å². The standard InChI is InChI=1S/C26H28N5O4.Y/c27-25-28-12-21-24(30-25)31(17-29-21)23-11-22(35-14-19-9-5-2-6-10-19)20(26(23,33)16-32)15-34-13-18-7-3-1-4-8-18;/h1-10,17,20,22-23,32-33H,11,13-16H2,(H2,27,28,30);/q-1;/t20-,22+,23+,26+;/m1./s1. The number of nitrogens with zero attached hydrogens (tertiary/aromatic N) is 4. The van der Waals surface area contributed by atoms with E-state index in [1.54, 1.807) is 10.9 Å². The van der Waals surface area contributed by atoms with Gasteiger partial charge in [0.15, 0.2) is 0 Å². The Balaban J connectivity index is 0.00000304. The number of imidazole rings is 1. The van der Waals surface area contributed by atoms with Crippen molar-refractivity contribution in [1.29, 1.82) is 0 Å². The molecule has 10 heteroatoms. The molecule has 4 N–H and O–H groups in total. The second-order valence-corrected chi connectivity index (χ2v) is 8.86. The minimum Gasteiger partial charge on any atom is -0.420 e. The molecule has 1 aliphatic rings. The molecule has 0 aliphatic heterocycles. The summed E-state index contributed by atoms with van der Waals surface area (Å²) in [4.78, 5) is 12.5. The molecule has 36 heavy (non-hydrogen) atoms. The monoisotopic (exact) mass is 563 g/mol. The molecule has 1 saturated carbocycles. The van der Waals surface area contributed by atoms with Crippen molar-refractivity contribution in [2.24, 2.45) is 5.92 Å². The van der Waals surface area contributed by atoms with Crippen LogP contribution in [0, 0.1) is 12.1 Å². The minimum atomic E-state index is -1.54. The number of fused-ring (bicyclic) bond motifs is 1. The third kappa shape index (κ3) is 5.51. The first-order chi connectivity index (χ1) is 17.1. The Morgan fingerprint density at radius 1 is 1.06 bits per heavy atom. The molecular formula is C26H28N5O4Y-. The zero-order chi connectivity index (χ0) is 24.3. The van der Waals surface area contributed by atoms with E-state index in [0.717, 1.165) is 11.1 Å². The molecule has 0 unspecified atom stereocenters. The predicted molar refractivity (Wildman–Crippen MR) is 129 cm³/mol. The van der Waals surface area contributed by atoms with Crippen LogP contribution in [0.25, 0.3) is 11.2 Å². The summed E-state index contributed by atoms with van der Waals surface area (Å²) in [7, 11) is 0. The van der Waals surface area contributed by atoms with Gasteiger partial charge in [0, 0.05) is 49.8 Å². The number of hydrogen-bond donors (Lipinski definition) is 3. The van der Waals surface area contributed by atoms with Crippen LogP contribution in [0.4, 0.5) is 5.95 Å². The van der Waals surface area contributed by atoms with Crippen LogP contribution in [-0.4, -0.2) is 54.7 Å². The number of ether oxygens (including phenoxy) is 2. The summed E-state index contributed by atoms with van der Waals surface area (Å²) in [6, 6.07) is 19.1. The van der Waals surface area contributed by atoms with E-state index < -0.39 is 24.2 Å². The smallest absolute Gasteiger partial charge is 0.115 e. The maximum atomic E-state index is 11.8. The molecule has 0 spiro atoms. The number of nitrogens with two attached hydrogens (primary N) is 1. The SMILES string of the molecule is Nc1n[c-]c2ncn([C@H]3C[C@H](OCc4ccccc4)[C@@H](COCc4ccccc4)[C@@]3(O)CO)c2n1.[Y]. The minimum absolute atomic E-state index is 0. The zero-order valence-electron chi connectivity index (χ0n) is 19.8. The van der Waals surface area contributed by atoms with Gasteiger partial charge >= 0.3 is 0 Å². The van der Waals surface area contributed by atoms with Crippen LogP contribution >= 0.6 is 0 Å². The number of anilines is 1. The van der Waals surface area contributed by atoms with Crippen molar-refractivity contribution >= 4 is 17.1 Å². The second-order valence-electron chi connectivity index (χ2n) is 8.86. The molecule has 0 bridgehead atoms. The molecule has 1 fully saturated rings. The Bertz CT molecular complexity index is 1260. The molecule has 4 atom stereocenters. The van der Waals surface area contributed by atoms with E-state index in [1.807, 2.05) is 60.7 Å². The Morgan fingerprint density at radius 2 is 1.72 bits per heavy atom. The normalized spacial score (nSPS) is 23.6. The van der Waals surface area contributed by atoms with E-state index in [1.165, 1.54) is 0 Å². The number of hydrogen-bond acceptors (Lipinski definition) is 8. The third-order valence-electron chi connectivity index (χ3n) is 6.69. The first-order valence-corrected chi connectivity index (χ1v) is 11.6. The molecule has 0 saturated heterocycles. The van der Waals surface area contributed by atoms with Crippen molar-refractivity contribution in [3.8, 4) is 0 Å². The van der Waals surface area contributed by atoms with Crippen LogP contribution in [0.1, 0.15) is 23.6 Å². The van der Waals surface area contributed by atoms with E-state index >= 15 is 0 Å². The van der Waals surface area contributed by atoms with E-state index in [0.29, 0.717) is 30.8 Å². The zero-order valence-corrected chi connectivity index (χ0v) is 22.6. The van der Waals surface area contributed by atoms with Crippen LogP contribution in [-0.2, 0) is 55.4 Å². The first kappa shape index (κ1) is 26.8. The van der Waals surface area contributed by atoms with Gasteiger partial charge in [0.25, 0.3) is 0 Å². The van der Waals surface area contributed by atoms with E-state index in [4.69, 9.17) is 15.2 Å². The van der Waals surface area contributed by atoms with Crippen LogP contribution < -0.4 is 5.73 Å². The quantitative estimate of drug-likeness (QED) is 0.265. The summed E-state index contributed by atoms with van der Waals surface area (Å²) in [6.45, 7) is 0.494. The number of aliphatic hydroxyl groups excluding tert-OH is 1. The third-order valence-corrected chi connectivity index (χ3v) is 6.69. The number of rotatable bonds is 9. The summed E-state index contributed by atoms with van der Waals surface area (Å²) in [5.41, 5.74) is 7.18. The van der Waals surface area contributed by atoms with Gasteiger partial charge in [0.1, 0.15) is 11.5 Å². The van der Waals surface area contributed by atoms with Gasteiger partial charge in [0.05, 0.1) is 44.9 Å². The Labute approximate surface area is 234 Å². The van der Waals surface area contributed by atoms with Crippen molar-refractivity contribution in [1.82, 2.24) is 19.5 Å². The van der Waals surface area contributed by atoms with Crippen molar-refractivity contribution in [2.75, 3.05) is 18.9 Å². The summed E-state index contributed by atoms with van der Waals surface area (Å²) < 4.78 is 14.1. The van der Waals surface area contributed by atoms with Crippen molar-refractivity contribution < 1.29 is 52.4 Å². The van der Waals surface area contributed by atoms with Crippen LogP contribution in [0.15, 0.2) is 67.0 Å². The number of aliphatic hydroxyl groups is 2. The first-order valence-electron chi connectivity index (χ1n) is 11.6. The number of benzene rings is 2. The summed E-state index contributed by atoms with van der Waals surface area (Å²) in [5.74, 6) is -0.435. The number of aromatic nitrogens is 4. The van der Waals surface area contributed by atoms with Crippen molar-refractivity contribution in [3.63, 3.8) is 0 Å². The van der Waals surface area contributed by atoms with Gasteiger partial charge < -0.3 is 40.0 Å². The van der Waals surface area contributed by atoms with Gasteiger partial charge in [-0.3, -0.25) is 4.98 Å². The van der Waals surface area contributed by atoms with Crippen LogP contribution in [0.5, 0.6) is 0 Å². The second kappa shape index (κ2) is 11.9. The van der Waals surface area contributed by atoms with Gasteiger partial charge in [-0.2, -0.15) is 0 Å². The van der Waals surface area contributed by atoms with Crippen molar-refractivity contribution in [2.45, 2.75) is 37.4 Å². The van der Waals surface area contributed by atoms with Gasteiger partial charge in [-0.15, -0.1) is 0 Å². The van der Waals surface area contributed by atoms with Gasteiger partial charge in [-0.1, -0.05) is 60.7 Å². The Hall–Kier alpha value is -2.27. The van der Waals surface area contributed by atoms with Crippen molar-refractivity contribution in [3.05, 3.63) is 84.3 Å². The molecule has 2 heterocycles. The molecule has 2 aromatic carbocycles. The van der Waals surface area contributed by atoms with E-state index in [2.05, 4.69) is 21.1 Å². The molecule has 5 rings (SSSR count). The van der Waals surface area contributed by atoms with Crippen LogP contribution in [0.3, 0.4) is 0 Å². The Morgan fingerprint density at radius 3 is 2.39 bits per heavy atom. The molecule has 9 nitrogen and oxygen atoms in total. The van der Waals surface area contributed by atoms with Gasteiger partial charge in [-0.05, 0) is 23.7 Å². The maximum absolute atomic E-state index is 11.8. The molecular weight excluding hydrogens is 535 g/mol. The predicted octanol–water partition coefficient (Wildman–Crippen LogP) is 2.29. The van der Waals surface area contributed by atoms with E-state index in [-0.39, 0.29) is 51.4 Å². The number of nitrogen functional groups attached to an aromatic ring is 1. The maximum Gasteiger partial charge on any atom is 0.115 e. The fraction of sp³-hybridized carbons (Fsp3) is 0.346. The largest absolute Gasteiger partial charge is 0.420 e. The molecule has 2 aromatic heterocycles. The fourth-order valence-corrected chi connectivity index (χ4v) is 4.84. The summed E-state index contributed by atoms with van der Waals surface area (Å²) in [5, 5.41) is 22.3. The summed E-state index contributed by atoms with van der Waals surface area (Å²) >= 11 is 0.